The summed E-state index contributed by atoms with van der Waals surface area (Å²) in [6.45, 7) is 2.13. The van der Waals surface area contributed by atoms with Crippen LogP contribution in [0.15, 0.2) is 9.59 Å². The van der Waals surface area contributed by atoms with E-state index in [1.807, 2.05) is 0 Å². The normalized spacial score (nSPS) is 11.0. The fourth-order valence-corrected chi connectivity index (χ4v) is 2.19. The van der Waals surface area contributed by atoms with Gasteiger partial charge in [-0.1, -0.05) is 0 Å². The molecule has 0 aliphatic rings. The highest BCUT2D eigenvalue weighted by atomic mass is 35.5. The molecule has 9 heteroatoms. The fraction of sp³-hybridized carbons (Fsp3) is 0.455. The molecule has 20 heavy (non-hydrogen) atoms. The second-order valence-corrected chi connectivity index (χ2v) is 4.64. The van der Waals surface area contributed by atoms with Crippen LogP contribution in [0.2, 0.25) is 5.28 Å². The summed E-state index contributed by atoms with van der Waals surface area (Å²) in [6, 6.07) is 0. The van der Waals surface area contributed by atoms with Gasteiger partial charge in [0.2, 0.25) is 11.2 Å². The summed E-state index contributed by atoms with van der Waals surface area (Å²) in [5, 5.41) is 2.60. The molecule has 0 saturated carbocycles. The molecule has 2 rings (SSSR count). The van der Waals surface area contributed by atoms with E-state index in [1.165, 1.54) is 23.2 Å². The number of aryl methyl sites for hydroxylation is 1. The smallest absolute Gasteiger partial charge is 0.332 e. The maximum atomic E-state index is 12.2. The van der Waals surface area contributed by atoms with E-state index in [1.54, 1.807) is 6.92 Å². The second-order valence-electron chi connectivity index (χ2n) is 4.30. The maximum absolute atomic E-state index is 12.2. The van der Waals surface area contributed by atoms with Crippen LogP contribution in [0.5, 0.6) is 0 Å². The first-order chi connectivity index (χ1) is 9.38. The van der Waals surface area contributed by atoms with Gasteiger partial charge in [0.15, 0.2) is 11.2 Å². The van der Waals surface area contributed by atoms with E-state index in [9.17, 15) is 14.4 Å². The van der Waals surface area contributed by atoms with Crippen LogP contribution in [0.1, 0.15) is 6.92 Å². The van der Waals surface area contributed by atoms with Crippen molar-refractivity contribution in [3.63, 3.8) is 0 Å². The topological polar surface area (TPSA) is 90.9 Å². The van der Waals surface area contributed by atoms with Crippen molar-refractivity contribution in [2.75, 3.05) is 6.54 Å². The third-order valence-electron chi connectivity index (χ3n) is 2.98. The van der Waals surface area contributed by atoms with Gasteiger partial charge in [-0.3, -0.25) is 23.3 Å². The highest BCUT2D eigenvalue weighted by molar-refractivity contribution is 6.29. The summed E-state index contributed by atoms with van der Waals surface area (Å²) in [5.41, 5.74) is -0.744. The lowest BCUT2D eigenvalue weighted by Gasteiger charge is -2.07. The Hall–Kier alpha value is -2.09. The van der Waals surface area contributed by atoms with Gasteiger partial charge in [0.1, 0.15) is 6.54 Å². The molecule has 0 atom stereocenters. The molecule has 1 N–H and O–H groups in total. The molecule has 0 aliphatic carbocycles. The predicted molar refractivity (Wildman–Crippen MR) is 73.9 cm³/mol. The number of imidazole rings is 1. The maximum Gasteiger partial charge on any atom is 0.332 e. The van der Waals surface area contributed by atoms with Crippen LogP contribution < -0.4 is 16.6 Å². The third kappa shape index (κ3) is 2.11. The van der Waals surface area contributed by atoms with Crippen molar-refractivity contribution in [1.82, 2.24) is 24.0 Å². The van der Waals surface area contributed by atoms with Gasteiger partial charge in [-0.05, 0) is 18.5 Å². The van der Waals surface area contributed by atoms with Crippen molar-refractivity contribution < 1.29 is 4.79 Å². The van der Waals surface area contributed by atoms with Gasteiger partial charge < -0.3 is 5.32 Å². The number of nitrogens with zero attached hydrogens (tertiary/aromatic N) is 4. The van der Waals surface area contributed by atoms with Gasteiger partial charge in [-0.15, -0.1) is 0 Å². The van der Waals surface area contributed by atoms with Crippen molar-refractivity contribution in [2.45, 2.75) is 13.5 Å². The lowest BCUT2D eigenvalue weighted by Crippen LogP contribution is -2.38. The van der Waals surface area contributed by atoms with E-state index < -0.39 is 11.2 Å². The van der Waals surface area contributed by atoms with Gasteiger partial charge in [-0.2, -0.15) is 4.98 Å². The first-order valence-electron chi connectivity index (χ1n) is 5.97. The van der Waals surface area contributed by atoms with Crippen LogP contribution in [0.25, 0.3) is 11.2 Å². The quantitative estimate of drug-likeness (QED) is 0.753. The number of fused-ring (bicyclic) bond motifs is 1. The van der Waals surface area contributed by atoms with Gasteiger partial charge in [-0.25, -0.2) is 4.79 Å². The van der Waals surface area contributed by atoms with Crippen LogP contribution in [-0.2, 0) is 25.4 Å². The number of aromatic nitrogens is 4. The Kier molecular flexibility index (Phi) is 3.67. The molecule has 0 spiro atoms. The van der Waals surface area contributed by atoms with Gasteiger partial charge in [0, 0.05) is 20.6 Å². The number of hydrogen-bond acceptors (Lipinski definition) is 4. The van der Waals surface area contributed by atoms with E-state index in [2.05, 4.69) is 10.3 Å². The minimum absolute atomic E-state index is 0.00967. The highest BCUT2D eigenvalue weighted by Crippen LogP contribution is 2.15. The molecule has 2 aromatic rings. The largest absolute Gasteiger partial charge is 0.355 e. The van der Waals surface area contributed by atoms with Gasteiger partial charge in [0.05, 0.1) is 0 Å². The Bertz CT molecular complexity index is 801. The second kappa shape index (κ2) is 5.12. The molecule has 108 valence electrons. The summed E-state index contributed by atoms with van der Waals surface area (Å²) in [5.74, 6) is -0.287. The van der Waals surface area contributed by atoms with Crippen LogP contribution in [0, 0.1) is 0 Å². The molecule has 8 nitrogen and oxygen atoms in total. The van der Waals surface area contributed by atoms with Crippen molar-refractivity contribution in [3.8, 4) is 0 Å². The van der Waals surface area contributed by atoms with Crippen molar-refractivity contribution >= 4 is 28.7 Å². The van der Waals surface area contributed by atoms with Crippen LogP contribution in [0.3, 0.4) is 0 Å². The molecular formula is C11H14ClN5O3. The van der Waals surface area contributed by atoms with Crippen LogP contribution >= 0.6 is 11.6 Å². The number of carbonyl (C=O) groups excluding carboxylic acids is 1. The van der Waals surface area contributed by atoms with E-state index >= 15 is 0 Å². The van der Waals surface area contributed by atoms with E-state index in [0.717, 1.165) is 4.57 Å². The lowest BCUT2D eigenvalue weighted by molar-refractivity contribution is -0.121. The average molecular weight is 300 g/mol. The Morgan fingerprint density at radius 3 is 2.55 bits per heavy atom. The Morgan fingerprint density at radius 1 is 1.30 bits per heavy atom. The fourth-order valence-electron chi connectivity index (χ4n) is 1.96. The first-order valence-corrected chi connectivity index (χ1v) is 6.34. The monoisotopic (exact) mass is 299 g/mol. The number of amides is 1. The lowest BCUT2D eigenvalue weighted by atomic mass is 10.4. The van der Waals surface area contributed by atoms with Crippen molar-refractivity contribution in [2.24, 2.45) is 14.1 Å². The van der Waals surface area contributed by atoms with E-state index in [-0.39, 0.29) is 28.9 Å². The summed E-state index contributed by atoms with van der Waals surface area (Å²) in [4.78, 5) is 39.6. The average Bonchev–Trinajstić information content (AvgIpc) is 2.72. The standard InChI is InChI=1S/C11H14ClN5O3/c1-4-13-6(18)5-17-7-8(14-10(17)12)15(2)11(20)16(3)9(7)19/h4-5H2,1-3H3,(H,13,18). The van der Waals surface area contributed by atoms with Crippen molar-refractivity contribution in [1.29, 1.82) is 0 Å². The Morgan fingerprint density at radius 2 is 1.95 bits per heavy atom. The molecule has 0 aromatic carbocycles. The summed E-state index contributed by atoms with van der Waals surface area (Å²) >= 11 is 5.97. The Labute approximate surface area is 118 Å². The molecule has 0 saturated heterocycles. The van der Waals surface area contributed by atoms with Gasteiger partial charge in [0.25, 0.3) is 5.56 Å². The molecule has 0 unspecified atom stereocenters. The number of rotatable bonds is 3. The number of hydrogen-bond donors (Lipinski definition) is 1. The van der Waals surface area contributed by atoms with Gasteiger partial charge >= 0.3 is 5.69 Å². The SMILES string of the molecule is CCNC(=O)Cn1c(Cl)nc2c1c(=O)n(C)c(=O)n2C. The summed E-state index contributed by atoms with van der Waals surface area (Å²) < 4.78 is 3.47. The molecule has 0 bridgehead atoms. The minimum Gasteiger partial charge on any atom is -0.355 e. The number of halogens is 1. The minimum atomic E-state index is -0.535. The molecular weight excluding hydrogens is 286 g/mol. The molecule has 2 aromatic heterocycles. The summed E-state index contributed by atoms with van der Waals surface area (Å²) in [7, 11) is 2.85. The molecule has 1 amide bonds. The molecule has 0 radical (unpaired) electrons. The third-order valence-corrected chi connectivity index (χ3v) is 3.27. The van der Waals surface area contributed by atoms with Crippen LogP contribution in [-0.4, -0.2) is 31.1 Å². The summed E-state index contributed by atoms with van der Waals surface area (Å²) in [6.07, 6.45) is 0. The zero-order chi connectivity index (χ0) is 15.0. The molecule has 0 fully saturated rings. The number of carbonyl (C=O) groups is 1. The highest BCUT2D eigenvalue weighted by Gasteiger charge is 2.19. The van der Waals surface area contributed by atoms with Crippen LogP contribution in [0.4, 0.5) is 0 Å². The Balaban J connectivity index is 2.74. The number of nitrogens with one attached hydrogen (secondary N) is 1. The van der Waals surface area contributed by atoms with E-state index in [0.29, 0.717) is 6.54 Å². The zero-order valence-corrected chi connectivity index (χ0v) is 12.1. The zero-order valence-electron chi connectivity index (χ0n) is 11.3. The van der Waals surface area contributed by atoms with Crippen molar-refractivity contribution in [3.05, 3.63) is 26.1 Å². The molecule has 2 heterocycles. The predicted octanol–water partition coefficient (Wildman–Crippen LogP) is -0.777. The molecule has 0 aliphatic heterocycles. The first kappa shape index (κ1) is 14.3. The number of likely N-dealkylation sites (N-methyl/N-ethyl adjacent to an activating group) is 1. The van der Waals surface area contributed by atoms with E-state index in [4.69, 9.17) is 11.6 Å².